The molecule has 1 unspecified atom stereocenters. The maximum absolute atomic E-state index is 5.51. The summed E-state index contributed by atoms with van der Waals surface area (Å²) >= 11 is 0. The number of hydrogen-bond donors (Lipinski definition) is 1. The van der Waals surface area contributed by atoms with Crippen molar-refractivity contribution < 1.29 is 4.52 Å². The van der Waals surface area contributed by atoms with Crippen molar-refractivity contribution in [2.75, 3.05) is 6.54 Å². The summed E-state index contributed by atoms with van der Waals surface area (Å²) in [5.74, 6) is 1.63. The monoisotopic (exact) mass is 138 g/mol. The van der Waals surface area contributed by atoms with Crippen LogP contribution in [0.2, 0.25) is 0 Å². The second-order valence-corrected chi connectivity index (χ2v) is 2.78. The van der Waals surface area contributed by atoms with Crippen LogP contribution in [0.1, 0.15) is 11.3 Å². The van der Waals surface area contributed by atoms with E-state index in [1.165, 1.54) is 5.56 Å². The van der Waals surface area contributed by atoms with Crippen molar-refractivity contribution in [2.24, 2.45) is 11.7 Å². The van der Waals surface area contributed by atoms with Gasteiger partial charge in [0, 0.05) is 12.0 Å². The van der Waals surface area contributed by atoms with Gasteiger partial charge in [-0.05, 0) is 18.9 Å². The molecule has 0 spiro atoms. The molecule has 1 aliphatic carbocycles. The first-order valence-corrected chi connectivity index (χ1v) is 3.52. The SMILES string of the molecule is NCC1Cc2cnoc2C1. The van der Waals surface area contributed by atoms with E-state index in [0.29, 0.717) is 5.92 Å². The summed E-state index contributed by atoms with van der Waals surface area (Å²) in [6.07, 6.45) is 3.83. The summed E-state index contributed by atoms with van der Waals surface area (Å²) in [6.45, 7) is 0.754. The van der Waals surface area contributed by atoms with E-state index in [1.54, 1.807) is 6.20 Å². The minimum Gasteiger partial charge on any atom is -0.361 e. The zero-order valence-electron chi connectivity index (χ0n) is 5.71. The predicted molar refractivity (Wildman–Crippen MR) is 36.5 cm³/mol. The van der Waals surface area contributed by atoms with Crippen molar-refractivity contribution in [1.29, 1.82) is 0 Å². The van der Waals surface area contributed by atoms with Gasteiger partial charge in [0.2, 0.25) is 0 Å². The zero-order valence-corrected chi connectivity index (χ0v) is 5.71. The summed E-state index contributed by atoms with van der Waals surface area (Å²) in [5.41, 5.74) is 6.76. The molecular formula is C7H10N2O. The van der Waals surface area contributed by atoms with Crippen LogP contribution in [0, 0.1) is 5.92 Å². The Morgan fingerprint density at radius 1 is 1.70 bits per heavy atom. The Morgan fingerprint density at radius 3 is 3.30 bits per heavy atom. The number of aromatic nitrogens is 1. The first-order valence-electron chi connectivity index (χ1n) is 3.52. The van der Waals surface area contributed by atoms with Crippen LogP contribution in [0.5, 0.6) is 0 Å². The molecule has 0 fully saturated rings. The Morgan fingerprint density at radius 2 is 2.60 bits per heavy atom. The van der Waals surface area contributed by atoms with Crippen molar-refractivity contribution in [1.82, 2.24) is 5.16 Å². The minimum absolute atomic E-state index is 0.594. The van der Waals surface area contributed by atoms with Crippen LogP contribution in [-0.4, -0.2) is 11.7 Å². The lowest BCUT2D eigenvalue weighted by Gasteiger charge is -2.00. The first-order chi connectivity index (χ1) is 4.90. The summed E-state index contributed by atoms with van der Waals surface area (Å²) in [6, 6.07) is 0. The molecule has 1 heterocycles. The van der Waals surface area contributed by atoms with Crippen molar-refractivity contribution in [3.05, 3.63) is 17.5 Å². The van der Waals surface area contributed by atoms with Crippen LogP contribution in [-0.2, 0) is 12.8 Å². The topological polar surface area (TPSA) is 52.0 Å². The van der Waals surface area contributed by atoms with Gasteiger partial charge in [-0.1, -0.05) is 5.16 Å². The molecule has 1 aliphatic rings. The Hall–Kier alpha value is -0.830. The summed E-state index contributed by atoms with van der Waals surface area (Å²) in [7, 11) is 0. The lowest BCUT2D eigenvalue weighted by atomic mass is 10.1. The molecule has 0 radical (unpaired) electrons. The van der Waals surface area contributed by atoms with Gasteiger partial charge in [0.05, 0.1) is 6.20 Å². The van der Waals surface area contributed by atoms with Gasteiger partial charge >= 0.3 is 0 Å². The van der Waals surface area contributed by atoms with Crippen molar-refractivity contribution >= 4 is 0 Å². The third kappa shape index (κ3) is 0.743. The third-order valence-corrected chi connectivity index (χ3v) is 2.05. The van der Waals surface area contributed by atoms with Crippen molar-refractivity contribution in [3.8, 4) is 0 Å². The molecule has 0 aliphatic heterocycles. The molecule has 0 bridgehead atoms. The van der Waals surface area contributed by atoms with E-state index in [1.807, 2.05) is 0 Å². The van der Waals surface area contributed by atoms with E-state index in [2.05, 4.69) is 5.16 Å². The smallest absolute Gasteiger partial charge is 0.140 e. The normalized spacial score (nSPS) is 23.1. The lowest BCUT2D eigenvalue weighted by Crippen LogP contribution is -2.13. The predicted octanol–water partition coefficient (Wildman–Crippen LogP) is 0.348. The Kier molecular flexibility index (Phi) is 1.24. The van der Waals surface area contributed by atoms with E-state index < -0.39 is 0 Å². The van der Waals surface area contributed by atoms with Gasteiger partial charge in [0.15, 0.2) is 0 Å². The lowest BCUT2D eigenvalue weighted by molar-refractivity contribution is 0.372. The molecule has 1 aromatic rings. The van der Waals surface area contributed by atoms with Crippen molar-refractivity contribution in [2.45, 2.75) is 12.8 Å². The van der Waals surface area contributed by atoms with Gasteiger partial charge < -0.3 is 10.3 Å². The van der Waals surface area contributed by atoms with Crippen LogP contribution in [0.25, 0.3) is 0 Å². The second kappa shape index (κ2) is 2.09. The molecule has 10 heavy (non-hydrogen) atoms. The highest BCUT2D eigenvalue weighted by molar-refractivity contribution is 5.20. The fraction of sp³-hybridized carbons (Fsp3) is 0.571. The van der Waals surface area contributed by atoms with Gasteiger partial charge in [-0.15, -0.1) is 0 Å². The molecule has 2 N–H and O–H groups in total. The van der Waals surface area contributed by atoms with Crippen LogP contribution in [0.4, 0.5) is 0 Å². The van der Waals surface area contributed by atoms with E-state index in [0.717, 1.165) is 25.1 Å². The van der Waals surface area contributed by atoms with Crippen molar-refractivity contribution in [3.63, 3.8) is 0 Å². The van der Waals surface area contributed by atoms with Gasteiger partial charge in [0.25, 0.3) is 0 Å². The standard InChI is InChI=1S/C7H10N2O/c8-3-5-1-6-4-9-10-7(6)2-5/h4-5H,1-3,8H2. The van der Waals surface area contributed by atoms with E-state index in [-0.39, 0.29) is 0 Å². The first kappa shape index (κ1) is 5.92. The highest BCUT2D eigenvalue weighted by Crippen LogP contribution is 2.24. The Labute approximate surface area is 59.2 Å². The average molecular weight is 138 g/mol. The number of hydrogen-bond acceptors (Lipinski definition) is 3. The van der Waals surface area contributed by atoms with Crippen LogP contribution >= 0.6 is 0 Å². The number of nitrogens with two attached hydrogens (primary N) is 1. The summed E-state index contributed by atoms with van der Waals surface area (Å²) in [5, 5.41) is 3.70. The molecule has 0 aromatic carbocycles. The molecule has 3 nitrogen and oxygen atoms in total. The largest absolute Gasteiger partial charge is 0.361 e. The summed E-state index contributed by atoms with van der Waals surface area (Å²) in [4.78, 5) is 0. The molecule has 3 heteroatoms. The molecular weight excluding hydrogens is 128 g/mol. The minimum atomic E-state index is 0.594. The van der Waals surface area contributed by atoms with Crippen LogP contribution in [0.15, 0.2) is 10.7 Å². The highest BCUT2D eigenvalue weighted by Gasteiger charge is 2.23. The summed E-state index contributed by atoms with van der Waals surface area (Å²) < 4.78 is 5.00. The molecule has 1 aromatic heterocycles. The highest BCUT2D eigenvalue weighted by atomic mass is 16.5. The van der Waals surface area contributed by atoms with E-state index in [4.69, 9.17) is 10.3 Å². The second-order valence-electron chi connectivity index (χ2n) is 2.78. The van der Waals surface area contributed by atoms with Gasteiger partial charge in [-0.2, -0.15) is 0 Å². The maximum atomic E-state index is 5.51. The third-order valence-electron chi connectivity index (χ3n) is 2.05. The average Bonchev–Trinajstić information content (AvgIpc) is 2.42. The van der Waals surface area contributed by atoms with Gasteiger partial charge in [-0.25, -0.2) is 0 Å². The fourth-order valence-corrected chi connectivity index (χ4v) is 1.43. The van der Waals surface area contributed by atoms with E-state index in [9.17, 15) is 0 Å². The molecule has 0 amide bonds. The quantitative estimate of drug-likeness (QED) is 0.609. The molecule has 0 saturated heterocycles. The maximum Gasteiger partial charge on any atom is 0.140 e. The fourth-order valence-electron chi connectivity index (χ4n) is 1.43. The number of fused-ring (bicyclic) bond motifs is 1. The van der Waals surface area contributed by atoms with Gasteiger partial charge in [-0.3, -0.25) is 0 Å². The molecule has 2 rings (SSSR count). The number of nitrogens with zero attached hydrogens (tertiary/aromatic N) is 1. The Balaban J connectivity index is 2.21. The van der Waals surface area contributed by atoms with Crippen LogP contribution < -0.4 is 5.73 Å². The molecule has 54 valence electrons. The van der Waals surface area contributed by atoms with Crippen LogP contribution in [0.3, 0.4) is 0 Å². The molecule has 0 saturated carbocycles. The number of rotatable bonds is 1. The zero-order chi connectivity index (χ0) is 6.97. The van der Waals surface area contributed by atoms with E-state index >= 15 is 0 Å². The molecule has 1 atom stereocenters. The Bertz CT molecular complexity index is 211. The van der Waals surface area contributed by atoms with Gasteiger partial charge in [0.1, 0.15) is 5.76 Å².